The van der Waals surface area contributed by atoms with Crippen LogP contribution in [0.3, 0.4) is 0 Å². The van der Waals surface area contributed by atoms with Crippen molar-refractivity contribution < 1.29 is 9.53 Å². The maximum Gasteiger partial charge on any atom is 0.311 e. The van der Waals surface area contributed by atoms with E-state index in [0.717, 1.165) is 19.4 Å². The number of carbonyl (C=O) groups excluding carboxylic acids is 1. The van der Waals surface area contributed by atoms with Crippen LogP contribution in [0.25, 0.3) is 0 Å². The monoisotopic (exact) mass is 142 g/mol. The van der Waals surface area contributed by atoms with Crippen molar-refractivity contribution in [1.82, 2.24) is 5.32 Å². The average Bonchev–Trinajstić information content (AvgIpc) is 2.40. The number of hydrogen-bond donors (Lipinski definition) is 1. The molecule has 0 aromatic heterocycles. The van der Waals surface area contributed by atoms with Crippen molar-refractivity contribution in [3.05, 3.63) is 6.42 Å². The van der Waals surface area contributed by atoms with Crippen molar-refractivity contribution in [2.75, 3.05) is 13.7 Å². The summed E-state index contributed by atoms with van der Waals surface area (Å²) in [4.78, 5) is 10.6. The van der Waals surface area contributed by atoms with Crippen molar-refractivity contribution in [2.45, 2.75) is 18.9 Å². The van der Waals surface area contributed by atoms with Gasteiger partial charge in [0.1, 0.15) is 0 Å². The highest BCUT2D eigenvalue weighted by molar-refractivity contribution is 5.79. The summed E-state index contributed by atoms with van der Waals surface area (Å²) in [5.74, 6) is -0.237. The molecule has 0 saturated carbocycles. The summed E-state index contributed by atoms with van der Waals surface area (Å²) >= 11 is 0. The van der Waals surface area contributed by atoms with Gasteiger partial charge in [-0.25, -0.2) is 0 Å². The summed E-state index contributed by atoms with van der Waals surface area (Å²) in [6.45, 7) is 1.01. The highest BCUT2D eigenvalue weighted by Crippen LogP contribution is 2.07. The van der Waals surface area contributed by atoms with Gasteiger partial charge in [0, 0.05) is 6.04 Å². The quantitative estimate of drug-likeness (QED) is 0.556. The topological polar surface area (TPSA) is 38.3 Å². The molecule has 1 atom stereocenters. The van der Waals surface area contributed by atoms with Gasteiger partial charge in [-0.2, -0.15) is 0 Å². The first kappa shape index (κ1) is 7.54. The number of hydrogen-bond acceptors (Lipinski definition) is 3. The molecule has 10 heavy (non-hydrogen) atoms. The van der Waals surface area contributed by atoms with Crippen molar-refractivity contribution in [3.8, 4) is 0 Å². The molecule has 3 heteroatoms. The number of rotatable bonds is 2. The lowest BCUT2D eigenvalue weighted by atomic mass is 10.2. The Kier molecular flexibility index (Phi) is 2.68. The first-order valence-corrected chi connectivity index (χ1v) is 3.49. The minimum atomic E-state index is -0.237. The van der Waals surface area contributed by atoms with Gasteiger partial charge in [0.25, 0.3) is 0 Å². The van der Waals surface area contributed by atoms with Gasteiger partial charge in [-0.3, -0.25) is 4.79 Å². The van der Waals surface area contributed by atoms with Crippen LogP contribution in [0, 0.1) is 6.42 Å². The predicted molar refractivity (Wildman–Crippen MR) is 37.3 cm³/mol. The van der Waals surface area contributed by atoms with Gasteiger partial charge in [0.2, 0.25) is 0 Å². The fraction of sp³-hybridized carbons (Fsp3) is 0.714. The lowest BCUT2D eigenvalue weighted by Gasteiger charge is -2.05. The van der Waals surface area contributed by atoms with E-state index in [-0.39, 0.29) is 12.0 Å². The molecule has 1 radical (unpaired) electrons. The molecule has 1 aliphatic heterocycles. The molecule has 1 heterocycles. The summed E-state index contributed by atoms with van der Waals surface area (Å²) in [5.41, 5.74) is 0. The van der Waals surface area contributed by atoms with Crippen molar-refractivity contribution in [2.24, 2.45) is 0 Å². The van der Waals surface area contributed by atoms with E-state index in [4.69, 9.17) is 0 Å². The molecule has 1 rings (SSSR count). The zero-order chi connectivity index (χ0) is 7.40. The third kappa shape index (κ3) is 1.99. The third-order valence-electron chi connectivity index (χ3n) is 1.64. The third-order valence-corrected chi connectivity index (χ3v) is 1.64. The van der Waals surface area contributed by atoms with Gasteiger partial charge in [0.05, 0.1) is 13.5 Å². The van der Waals surface area contributed by atoms with Gasteiger partial charge in [0.15, 0.2) is 0 Å². The average molecular weight is 142 g/mol. The lowest BCUT2D eigenvalue weighted by molar-refractivity contribution is -0.136. The summed E-state index contributed by atoms with van der Waals surface area (Å²) in [6, 6.07) is 0.243. The highest BCUT2D eigenvalue weighted by Gasteiger charge is 2.17. The molecule has 1 saturated heterocycles. The number of methoxy groups -OCH3 is 1. The molecule has 0 aromatic carbocycles. The molecule has 1 fully saturated rings. The van der Waals surface area contributed by atoms with Crippen molar-refractivity contribution >= 4 is 5.97 Å². The van der Waals surface area contributed by atoms with E-state index in [1.165, 1.54) is 7.11 Å². The molecule has 0 aliphatic carbocycles. The maximum atomic E-state index is 10.6. The van der Waals surface area contributed by atoms with E-state index in [9.17, 15) is 4.79 Å². The summed E-state index contributed by atoms with van der Waals surface area (Å²) in [7, 11) is 1.40. The Morgan fingerprint density at radius 2 is 2.60 bits per heavy atom. The van der Waals surface area contributed by atoms with E-state index < -0.39 is 0 Å². The van der Waals surface area contributed by atoms with Gasteiger partial charge in [-0.05, 0) is 19.4 Å². The van der Waals surface area contributed by atoms with Crippen molar-refractivity contribution in [1.29, 1.82) is 0 Å². The smallest absolute Gasteiger partial charge is 0.311 e. The van der Waals surface area contributed by atoms with E-state index in [0.29, 0.717) is 0 Å². The standard InChI is InChI=1S/C7H12NO2/c1-10-7(9)5-6-3-2-4-8-6/h5-6,8H,2-4H2,1H3. The number of ether oxygens (including phenoxy) is 1. The van der Waals surface area contributed by atoms with Crippen LogP contribution in [-0.2, 0) is 9.53 Å². The van der Waals surface area contributed by atoms with E-state index in [1.54, 1.807) is 6.42 Å². The zero-order valence-corrected chi connectivity index (χ0v) is 6.09. The summed E-state index contributed by atoms with van der Waals surface area (Å²) < 4.78 is 4.48. The second-order valence-corrected chi connectivity index (χ2v) is 2.39. The number of esters is 1. The summed E-state index contributed by atoms with van der Waals surface area (Å²) in [5, 5.41) is 3.17. The molecule has 0 bridgehead atoms. The molecule has 3 nitrogen and oxygen atoms in total. The SMILES string of the molecule is COC(=O)[CH]C1CCCN1. The highest BCUT2D eigenvalue weighted by atomic mass is 16.5. The minimum Gasteiger partial charge on any atom is -0.469 e. The molecule has 57 valence electrons. The molecule has 0 amide bonds. The molecule has 0 aromatic rings. The van der Waals surface area contributed by atoms with Crippen LogP contribution in [0.5, 0.6) is 0 Å². The Labute approximate surface area is 60.7 Å². The molecular weight excluding hydrogens is 130 g/mol. The Balaban J connectivity index is 2.17. The Morgan fingerprint density at radius 3 is 3.10 bits per heavy atom. The summed E-state index contributed by atoms with van der Waals surface area (Å²) in [6.07, 6.45) is 3.79. The molecular formula is C7H12NO2. The van der Waals surface area contributed by atoms with Crippen LogP contribution in [0.1, 0.15) is 12.8 Å². The Hall–Kier alpha value is -0.570. The van der Waals surface area contributed by atoms with Crippen LogP contribution < -0.4 is 5.32 Å². The van der Waals surface area contributed by atoms with E-state index in [2.05, 4.69) is 10.1 Å². The van der Waals surface area contributed by atoms with E-state index >= 15 is 0 Å². The van der Waals surface area contributed by atoms with Gasteiger partial charge >= 0.3 is 5.97 Å². The van der Waals surface area contributed by atoms with Gasteiger partial charge in [-0.1, -0.05) is 0 Å². The molecule has 1 aliphatic rings. The first-order valence-electron chi connectivity index (χ1n) is 3.49. The molecule has 1 N–H and O–H groups in total. The fourth-order valence-corrected chi connectivity index (χ4v) is 1.09. The maximum absolute atomic E-state index is 10.6. The zero-order valence-electron chi connectivity index (χ0n) is 6.09. The second kappa shape index (κ2) is 3.56. The number of carbonyl (C=O) groups is 1. The Morgan fingerprint density at radius 1 is 1.80 bits per heavy atom. The molecule has 0 spiro atoms. The fourth-order valence-electron chi connectivity index (χ4n) is 1.09. The minimum absolute atomic E-state index is 0.237. The van der Waals surface area contributed by atoms with Crippen LogP contribution in [-0.4, -0.2) is 25.7 Å². The van der Waals surface area contributed by atoms with Crippen LogP contribution in [0.15, 0.2) is 0 Å². The van der Waals surface area contributed by atoms with Crippen LogP contribution >= 0.6 is 0 Å². The van der Waals surface area contributed by atoms with Crippen LogP contribution in [0.4, 0.5) is 0 Å². The van der Waals surface area contributed by atoms with Crippen LogP contribution in [0.2, 0.25) is 0 Å². The van der Waals surface area contributed by atoms with Gasteiger partial charge in [-0.15, -0.1) is 0 Å². The Bertz CT molecular complexity index is 119. The van der Waals surface area contributed by atoms with Crippen molar-refractivity contribution in [3.63, 3.8) is 0 Å². The number of nitrogens with one attached hydrogen (secondary N) is 1. The molecule has 1 unspecified atom stereocenters. The largest absolute Gasteiger partial charge is 0.469 e. The van der Waals surface area contributed by atoms with E-state index in [1.807, 2.05) is 0 Å². The lowest BCUT2D eigenvalue weighted by Crippen LogP contribution is -2.25. The van der Waals surface area contributed by atoms with Gasteiger partial charge < -0.3 is 10.1 Å². The predicted octanol–water partition coefficient (Wildman–Crippen LogP) is 0.116. The second-order valence-electron chi connectivity index (χ2n) is 2.39. The normalized spacial score (nSPS) is 24.7. The first-order chi connectivity index (χ1) is 4.83.